The topological polar surface area (TPSA) is 76.6 Å². The van der Waals surface area contributed by atoms with E-state index in [9.17, 15) is 9.90 Å². The average molecular weight is 407 g/mol. The van der Waals surface area contributed by atoms with E-state index >= 15 is 0 Å². The van der Waals surface area contributed by atoms with E-state index in [1.807, 2.05) is 6.07 Å². The zero-order chi connectivity index (χ0) is 21.0. The van der Waals surface area contributed by atoms with Crippen molar-refractivity contribution < 1.29 is 9.90 Å². The summed E-state index contributed by atoms with van der Waals surface area (Å²) < 4.78 is 0. The largest absolute Gasteiger partial charge is 0.392 e. The Balaban J connectivity index is 1.55. The van der Waals surface area contributed by atoms with E-state index in [0.717, 1.165) is 48.3 Å². The zero-order valence-electron chi connectivity index (χ0n) is 17.9. The van der Waals surface area contributed by atoms with Crippen molar-refractivity contribution >= 4 is 23.0 Å². The molecule has 0 bridgehead atoms. The molecule has 3 aliphatic rings. The molecule has 2 aliphatic heterocycles. The van der Waals surface area contributed by atoms with Gasteiger partial charge in [-0.1, -0.05) is 24.3 Å². The van der Waals surface area contributed by atoms with Crippen molar-refractivity contribution in [2.45, 2.75) is 57.3 Å². The van der Waals surface area contributed by atoms with Gasteiger partial charge in [0.2, 0.25) is 0 Å². The minimum absolute atomic E-state index is 0.00521. The van der Waals surface area contributed by atoms with E-state index < -0.39 is 6.10 Å². The van der Waals surface area contributed by atoms with Crippen LogP contribution in [0.25, 0.3) is 0 Å². The predicted molar refractivity (Wildman–Crippen MR) is 120 cm³/mol. The summed E-state index contributed by atoms with van der Waals surface area (Å²) in [4.78, 5) is 15.2. The summed E-state index contributed by atoms with van der Waals surface area (Å²) in [6, 6.07) is 10.7. The summed E-state index contributed by atoms with van der Waals surface area (Å²) in [5.74, 6) is -0.115. The molecule has 1 amide bonds. The maximum atomic E-state index is 13.0. The van der Waals surface area contributed by atoms with Crippen LogP contribution in [-0.2, 0) is 19.3 Å². The van der Waals surface area contributed by atoms with Gasteiger partial charge in [0, 0.05) is 24.7 Å². The van der Waals surface area contributed by atoms with E-state index in [1.165, 1.54) is 11.1 Å². The van der Waals surface area contributed by atoms with Crippen molar-refractivity contribution in [2.75, 3.05) is 29.1 Å². The van der Waals surface area contributed by atoms with Gasteiger partial charge < -0.3 is 26.0 Å². The summed E-state index contributed by atoms with van der Waals surface area (Å²) in [5.41, 5.74) is 7.86. The van der Waals surface area contributed by atoms with Gasteiger partial charge in [-0.2, -0.15) is 0 Å². The molecule has 1 unspecified atom stereocenters. The lowest BCUT2D eigenvalue weighted by atomic mass is 9.81. The first-order chi connectivity index (χ1) is 14.4. The minimum Gasteiger partial charge on any atom is -0.392 e. The van der Waals surface area contributed by atoms with Crippen molar-refractivity contribution in [1.82, 2.24) is 5.32 Å². The average Bonchev–Trinajstić information content (AvgIpc) is 3.22. The number of anilines is 3. The molecular weight excluding hydrogens is 376 g/mol. The fraction of sp³-hybridized carbons (Fsp3) is 0.458. The van der Waals surface area contributed by atoms with Crippen LogP contribution < -0.4 is 20.9 Å². The third kappa shape index (κ3) is 3.01. The van der Waals surface area contributed by atoms with Gasteiger partial charge >= 0.3 is 0 Å². The van der Waals surface area contributed by atoms with Gasteiger partial charge in [-0.3, -0.25) is 4.79 Å². The number of hydrogen-bond donors (Lipinski definition) is 4. The number of rotatable bonds is 3. The number of nitrogens with one attached hydrogen (secondary N) is 3. The molecule has 0 saturated heterocycles. The molecule has 6 heteroatoms. The second-order valence-electron chi connectivity index (χ2n) is 9.19. The number of hydrogen-bond acceptors (Lipinski definition) is 5. The Morgan fingerprint density at radius 3 is 2.67 bits per heavy atom. The zero-order valence-corrected chi connectivity index (χ0v) is 17.9. The smallest absolute Gasteiger partial charge is 0.251 e. The summed E-state index contributed by atoms with van der Waals surface area (Å²) in [6.45, 7) is 4.06. The molecule has 158 valence electrons. The standard InChI is InChI=1S/C24H30N4O2/c1-14(29)13-25-23(30)19-10-20-22(26-15(2)28(20)3)21-18(19)8-9-24(27-21)11-16-6-4-5-7-17(16)12-24/h4-7,10,14-15,26-27,29H,8-9,11-13H2,1-3H3,(H,25,30)/t14-,15?/m0/s1. The second-order valence-corrected chi connectivity index (χ2v) is 9.19. The Morgan fingerprint density at radius 1 is 1.30 bits per heavy atom. The van der Waals surface area contributed by atoms with E-state index in [-0.39, 0.29) is 24.2 Å². The Hall–Kier alpha value is -2.73. The lowest BCUT2D eigenvalue weighted by Gasteiger charge is -2.38. The molecule has 2 aromatic carbocycles. The number of fused-ring (bicyclic) bond motifs is 4. The van der Waals surface area contributed by atoms with Gasteiger partial charge in [0.25, 0.3) is 5.91 Å². The fourth-order valence-electron chi connectivity index (χ4n) is 5.24. The van der Waals surface area contributed by atoms with Crippen LogP contribution in [0.5, 0.6) is 0 Å². The molecule has 4 N–H and O–H groups in total. The number of aliphatic hydroxyl groups is 1. The van der Waals surface area contributed by atoms with Crippen LogP contribution in [-0.4, -0.2) is 42.4 Å². The van der Waals surface area contributed by atoms with Gasteiger partial charge in [0.15, 0.2) is 0 Å². The molecule has 1 spiro atoms. The van der Waals surface area contributed by atoms with E-state index in [4.69, 9.17) is 0 Å². The van der Waals surface area contributed by atoms with E-state index in [2.05, 4.69) is 59.1 Å². The summed E-state index contributed by atoms with van der Waals surface area (Å²) in [7, 11) is 2.05. The van der Waals surface area contributed by atoms with E-state index in [0.29, 0.717) is 5.56 Å². The second kappa shape index (κ2) is 6.91. The molecule has 2 atom stereocenters. The Bertz CT molecular complexity index is 992. The van der Waals surface area contributed by atoms with Crippen LogP contribution in [0.4, 0.5) is 17.1 Å². The molecule has 2 heterocycles. The molecule has 0 saturated carbocycles. The first-order valence-electron chi connectivity index (χ1n) is 10.9. The quantitative estimate of drug-likeness (QED) is 0.631. The Morgan fingerprint density at radius 2 is 2.00 bits per heavy atom. The molecule has 0 aromatic heterocycles. The molecular formula is C24H30N4O2. The van der Waals surface area contributed by atoms with Gasteiger partial charge in [-0.05, 0) is 62.3 Å². The van der Waals surface area contributed by atoms with Crippen LogP contribution >= 0.6 is 0 Å². The highest BCUT2D eigenvalue weighted by Gasteiger charge is 2.42. The summed E-state index contributed by atoms with van der Waals surface area (Å²) in [5, 5.41) is 20.0. The number of amides is 1. The first kappa shape index (κ1) is 19.2. The highest BCUT2D eigenvalue weighted by molar-refractivity contribution is 6.03. The Labute approximate surface area is 177 Å². The fourth-order valence-corrected chi connectivity index (χ4v) is 5.24. The molecule has 2 aromatic rings. The SMILES string of the molecule is CC1Nc2c(cc(C(=O)NC[C@H](C)O)c3c2NC2(CC3)Cc3ccccc3C2)N1C. The highest BCUT2D eigenvalue weighted by atomic mass is 16.3. The molecule has 1 aliphatic carbocycles. The van der Waals surface area contributed by atoms with Gasteiger partial charge in [-0.25, -0.2) is 0 Å². The molecule has 0 radical (unpaired) electrons. The van der Waals surface area contributed by atoms with Crippen LogP contribution in [0.3, 0.4) is 0 Å². The normalized spacial score (nSPS) is 21.3. The summed E-state index contributed by atoms with van der Waals surface area (Å²) in [6.07, 6.45) is 3.49. The maximum Gasteiger partial charge on any atom is 0.251 e. The van der Waals surface area contributed by atoms with Crippen molar-refractivity contribution in [3.05, 3.63) is 52.6 Å². The lowest BCUT2D eigenvalue weighted by Crippen LogP contribution is -2.43. The molecule has 30 heavy (non-hydrogen) atoms. The third-order valence-corrected chi connectivity index (χ3v) is 6.95. The minimum atomic E-state index is -0.568. The van der Waals surface area contributed by atoms with Gasteiger partial charge in [-0.15, -0.1) is 0 Å². The van der Waals surface area contributed by atoms with Crippen molar-refractivity contribution in [2.24, 2.45) is 0 Å². The number of carbonyl (C=O) groups excluding carboxylic acids is 1. The summed E-state index contributed by atoms with van der Waals surface area (Å²) >= 11 is 0. The van der Waals surface area contributed by atoms with Gasteiger partial charge in [0.1, 0.15) is 0 Å². The van der Waals surface area contributed by atoms with Crippen LogP contribution in [0.15, 0.2) is 30.3 Å². The van der Waals surface area contributed by atoms with Crippen LogP contribution in [0.1, 0.15) is 47.3 Å². The molecule has 0 fully saturated rings. The monoisotopic (exact) mass is 406 g/mol. The first-order valence-corrected chi connectivity index (χ1v) is 10.9. The number of nitrogens with zero attached hydrogens (tertiary/aromatic N) is 1. The maximum absolute atomic E-state index is 13.0. The van der Waals surface area contributed by atoms with E-state index in [1.54, 1.807) is 6.92 Å². The van der Waals surface area contributed by atoms with Gasteiger partial charge in [0.05, 0.1) is 29.3 Å². The van der Waals surface area contributed by atoms with Crippen LogP contribution in [0, 0.1) is 0 Å². The molecule has 6 nitrogen and oxygen atoms in total. The lowest BCUT2D eigenvalue weighted by molar-refractivity contribution is 0.0923. The number of aliphatic hydroxyl groups excluding tert-OH is 1. The highest BCUT2D eigenvalue weighted by Crippen LogP contribution is 2.49. The van der Waals surface area contributed by atoms with Crippen LogP contribution in [0.2, 0.25) is 0 Å². The van der Waals surface area contributed by atoms with Crippen molar-refractivity contribution in [3.63, 3.8) is 0 Å². The Kier molecular flexibility index (Phi) is 4.43. The third-order valence-electron chi connectivity index (χ3n) is 6.95. The predicted octanol–water partition coefficient (Wildman–Crippen LogP) is 2.90. The number of carbonyl (C=O) groups is 1. The number of benzene rings is 2. The van der Waals surface area contributed by atoms with Crippen molar-refractivity contribution in [1.29, 1.82) is 0 Å². The van der Waals surface area contributed by atoms with Crippen molar-refractivity contribution in [3.8, 4) is 0 Å². The molecule has 5 rings (SSSR count).